The Kier molecular flexibility index (Phi) is 4.67. The summed E-state index contributed by atoms with van der Waals surface area (Å²) in [6, 6.07) is 4.35. The smallest absolute Gasteiger partial charge is 0.217 e. The van der Waals surface area contributed by atoms with Crippen LogP contribution in [0.15, 0.2) is 35.6 Å². The van der Waals surface area contributed by atoms with Crippen molar-refractivity contribution in [1.82, 2.24) is 19.9 Å². The van der Waals surface area contributed by atoms with Gasteiger partial charge in [-0.05, 0) is 32.9 Å². The van der Waals surface area contributed by atoms with Crippen LogP contribution in [0.4, 0.5) is 4.39 Å². The van der Waals surface area contributed by atoms with E-state index < -0.39 is 11.9 Å². The Bertz CT molecular complexity index is 1100. The Labute approximate surface area is 171 Å². The minimum atomic E-state index is -0.599. The number of amidine groups is 1. The van der Waals surface area contributed by atoms with Crippen LogP contribution in [0, 0.1) is 5.82 Å². The summed E-state index contributed by atoms with van der Waals surface area (Å²) in [6.45, 7) is 6.56. The van der Waals surface area contributed by atoms with Gasteiger partial charge in [0.05, 0.1) is 28.9 Å². The summed E-state index contributed by atoms with van der Waals surface area (Å²) < 4.78 is 21.4. The van der Waals surface area contributed by atoms with Gasteiger partial charge in [-0.2, -0.15) is 10.1 Å². The maximum Gasteiger partial charge on any atom is 0.217 e. The van der Waals surface area contributed by atoms with Gasteiger partial charge in [0.25, 0.3) is 0 Å². The Hall–Kier alpha value is -2.38. The topological polar surface area (TPSA) is 63.8 Å². The average molecular weight is 422 g/mol. The molecule has 0 bridgehead atoms. The number of hydrogen-bond acceptors (Lipinski definition) is 5. The molecule has 1 aliphatic rings. The Morgan fingerprint density at radius 1 is 1.29 bits per heavy atom. The fourth-order valence-corrected chi connectivity index (χ4v) is 3.75. The van der Waals surface area contributed by atoms with Crippen molar-refractivity contribution in [3.8, 4) is 5.88 Å². The van der Waals surface area contributed by atoms with E-state index >= 15 is 0 Å². The molecular weight excluding hydrogens is 404 g/mol. The Morgan fingerprint density at radius 2 is 2.07 bits per heavy atom. The highest BCUT2D eigenvalue weighted by atomic mass is 35.5. The number of benzene rings is 1. The van der Waals surface area contributed by atoms with Crippen molar-refractivity contribution >= 4 is 34.7 Å². The molecule has 3 aromatic rings. The van der Waals surface area contributed by atoms with Crippen molar-refractivity contribution in [2.45, 2.75) is 32.4 Å². The van der Waals surface area contributed by atoms with E-state index in [1.54, 1.807) is 29.9 Å². The number of halogens is 3. The normalized spacial score (nSPS) is 16.7. The molecule has 3 heterocycles. The predicted molar refractivity (Wildman–Crippen MR) is 107 cm³/mol. The van der Waals surface area contributed by atoms with Gasteiger partial charge in [0, 0.05) is 22.8 Å². The second-order valence-electron chi connectivity index (χ2n) is 7.28. The number of rotatable bonds is 4. The standard InChI is InChI=1S/C19H18Cl2FN5O/c1-10(15-12(20)4-5-13(22)16(15)21)28-14-6-7-27-18(25-14)11(8-24-27)17-23-9-19(2,3)26-17/h4-8,10H,9H2,1-3H3,(H,23,26)/t10-/m1/s1. The molecule has 0 aliphatic carbocycles. The molecule has 1 aromatic carbocycles. The fourth-order valence-electron chi connectivity index (χ4n) is 3.07. The number of nitrogens with zero attached hydrogens (tertiary/aromatic N) is 4. The lowest BCUT2D eigenvalue weighted by Crippen LogP contribution is -2.39. The SMILES string of the molecule is C[C@@H](Oc1ccn2ncc(C3=NCC(C)(C)N3)c2n1)c1c(Cl)ccc(F)c1Cl. The molecule has 0 spiro atoms. The van der Waals surface area contributed by atoms with Gasteiger partial charge < -0.3 is 10.1 Å². The van der Waals surface area contributed by atoms with Crippen LogP contribution in [0.3, 0.4) is 0 Å². The molecular formula is C19H18Cl2FN5O. The zero-order valence-electron chi connectivity index (χ0n) is 15.5. The quantitative estimate of drug-likeness (QED) is 0.632. The molecule has 1 atom stereocenters. The van der Waals surface area contributed by atoms with E-state index in [0.29, 0.717) is 28.7 Å². The molecule has 4 rings (SSSR count). The van der Waals surface area contributed by atoms with Gasteiger partial charge in [0.15, 0.2) is 5.65 Å². The zero-order valence-corrected chi connectivity index (χ0v) is 17.0. The summed E-state index contributed by atoms with van der Waals surface area (Å²) in [7, 11) is 0. The molecule has 146 valence electrons. The first-order valence-corrected chi connectivity index (χ1v) is 9.48. The minimum absolute atomic E-state index is 0.0575. The molecule has 0 unspecified atom stereocenters. The Balaban J connectivity index is 1.66. The number of aliphatic imine (C=N–C) groups is 1. The van der Waals surface area contributed by atoms with E-state index in [0.717, 1.165) is 11.4 Å². The largest absolute Gasteiger partial charge is 0.470 e. The van der Waals surface area contributed by atoms with Crippen molar-refractivity contribution in [3.05, 3.63) is 57.6 Å². The lowest BCUT2D eigenvalue weighted by molar-refractivity contribution is 0.217. The minimum Gasteiger partial charge on any atom is -0.470 e. The van der Waals surface area contributed by atoms with E-state index in [4.69, 9.17) is 27.9 Å². The maximum atomic E-state index is 13.8. The van der Waals surface area contributed by atoms with Crippen molar-refractivity contribution in [2.75, 3.05) is 6.54 Å². The predicted octanol–water partition coefficient (Wildman–Crippen LogP) is 4.44. The second kappa shape index (κ2) is 6.90. The number of nitrogens with one attached hydrogen (secondary N) is 1. The molecule has 28 heavy (non-hydrogen) atoms. The molecule has 0 saturated carbocycles. The van der Waals surface area contributed by atoms with Crippen LogP contribution >= 0.6 is 23.2 Å². The van der Waals surface area contributed by atoms with Gasteiger partial charge >= 0.3 is 0 Å². The summed E-state index contributed by atoms with van der Waals surface area (Å²) in [6.07, 6.45) is 2.85. The number of fused-ring (bicyclic) bond motifs is 1. The third kappa shape index (κ3) is 3.40. The summed E-state index contributed by atoms with van der Waals surface area (Å²) in [5.74, 6) is 0.538. The molecule has 6 nitrogen and oxygen atoms in total. The van der Waals surface area contributed by atoms with Crippen molar-refractivity contribution in [1.29, 1.82) is 0 Å². The highest BCUT2D eigenvalue weighted by molar-refractivity contribution is 6.36. The van der Waals surface area contributed by atoms with Crippen molar-refractivity contribution in [2.24, 2.45) is 4.99 Å². The molecule has 0 radical (unpaired) electrons. The summed E-state index contributed by atoms with van der Waals surface area (Å²) in [5, 5.41) is 7.96. The van der Waals surface area contributed by atoms with E-state index in [9.17, 15) is 4.39 Å². The molecule has 1 aliphatic heterocycles. The van der Waals surface area contributed by atoms with Crippen LogP contribution in [0.2, 0.25) is 10.0 Å². The monoisotopic (exact) mass is 421 g/mol. The van der Waals surface area contributed by atoms with Gasteiger partial charge in [-0.15, -0.1) is 0 Å². The molecule has 1 N–H and O–H groups in total. The fraction of sp³-hybridized carbons (Fsp3) is 0.316. The average Bonchev–Trinajstić information content (AvgIpc) is 3.21. The Morgan fingerprint density at radius 3 is 2.79 bits per heavy atom. The first-order valence-electron chi connectivity index (χ1n) is 8.72. The maximum absolute atomic E-state index is 13.8. The van der Waals surface area contributed by atoms with Crippen LogP contribution < -0.4 is 10.1 Å². The second-order valence-corrected chi connectivity index (χ2v) is 8.07. The lowest BCUT2D eigenvalue weighted by Gasteiger charge is -2.18. The number of hydrogen-bond donors (Lipinski definition) is 1. The summed E-state index contributed by atoms with van der Waals surface area (Å²) in [5.41, 5.74) is 1.65. The van der Waals surface area contributed by atoms with Crippen LogP contribution in [0.1, 0.15) is 38.0 Å². The van der Waals surface area contributed by atoms with E-state index in [-0.39, 0.29) is 10.6 Å². The van der Waals surface area contributed by atoms with Gasteiger partial charge in [0.1, 0.15) is 17.8 Å². The van der Waals surface area contributed by atoms with Crippen LogP contribution in [-0.4, -0.2) is 32.5 Å². The van der Waals surface area contributed by atoms with Crippen molar-refractivity contribution in [3.63, 3.8) is 0 Å². The van der Waals surface area contributed by atoms with Crippen LogP contribution in [0.25, 0.3) is 5.65 Å². The highest BCUT2D eigenvalue weighted by Gasteiger charge is 2.27. The van der Waals surface area contributed by atoms with E-state index in [2.05, 4.69) is 34.2 Å². The summed E-state index contributed by atoms with van der Waals surface area (Å²) in [4.78, 5) is 9.10. The van der Waals surface area contributed by atoms with Crippen molar-refractivity contribution < 1.29 is 9.13 Å². The first kappa shape index (κ1) is 19.0. The van der Waals surface area contributed by atoms with Crippen LogP contribution in [-0.2, 0) is 0 Å². The van der Waals surface area contributed by atoms with Gasteiger partial charge in [-0.3, -0.25) is 4.99 Å². The number of ether oxygens (including phenoxy) is 1. The third-order valence-corrected chi connectivity index (χ3v) is 5.19. The first-order chi connectivity index (χ1) is 13.2. The number of aromatic nitrogens is 3. The van der Waals surface area contributed by atoms with Gasteiger partial charge in [-0.25, -0.2) is 8.91 Å². The van der Waals surface area contributed by atoms with E-state index in [1.807, 2.05) is 0 Å². The molecule has 0 fully saturated rings. The van der Waals surface area contributed by atoms with Gasteiger partial charge in [0.2, 0.25) is 5.88 Å². The van der Waals surface area contributed by atoms with Gasteiger partial charge in [-0.1, -0.05) is 23.2 Å². The molecule has 0 amide bonds. The van der Waals surface area contributed by atoms with E-state index in [1.165, 1.54) is 12.1 Å². The zero-order chi connectivity index (χ0) is 20.1. The van der Waals surface area contributed by atoms with Crippen LogP contribution in [0.5, 0.6) is 5.88 Å². The summed E-state index contributed by atoms with van der Waals surface area (Å²) >= 11 is 12.3. The molecule has 9 heteroatoms. The molecule has 2 aromatic heterocycles. The third-order valence-electron chi connectivity index (χ3n) is 4.47. The highest BCUT2D eigenvalue weighted by Crippen LogP contribution is 2.34. The molecule has 0 saturated heterocycles. The lowest BCUT2D eigenvalue weighted by atomic mass is 10.1.